The largest absolute Gasteiger partial charge is 0.867 e. The van der Waals surface area contributed by atoms with E-state index in [2.05, 4.69) is 26.1 Å². The zero-order chi connectivity index (χ0) is 24.3. The summed E-state index contributed by atoms with van der Waals surface area (Å²) in [6, 6.07) is 15.4. The highest BCUT2D eigenvalue weighted by molar-refractivity contribution is 7.81. The number of aromatic nitrogens is 1. The van der Waals surface area contributed by atoms with Gasteiger partial charge in [0.15, 0.2) is 17.4 Å². The molecule has 0 bridgehead atoms. The van der Waals surface area contributed by atoms with E-state index >= 15 is 0 Å². The molecule has 0 unspecified atom stereocenters. The highest BCUT2D eigenvalue weighted by Gasteiger charge is 2.22. The molecule has 0 saturated carbocycles. The molecular weight excluding hydrogens is 434 g/mol. The van der Waals surface area contributed by atoms with Crippen LogP contribution in [0.1, 0.15) is 43.0 Å². The molecule has 1 heterocycles. The number of anilines is 1. The molecule has 1 N–H and O–H groups in total. The lowest BCUT2D eigenvalue weighted by atomic mass is 9.88. The highest BCUT2D eigenvalue weighted by atomic mass is 32.1. The first-order chi connectivity index (χ1) is 15.5. The maximum Gasteiger partial charge on any atom is 0.269 e. The Morgan fingerprint density at radius 3 is 2.15 bits per heavy atom. The first-order valence-corrected chi connectivity index (χ1v) is 10.9. The molecule has 3 rings (SSSR count). The van der Waals surface area contributed by atoms with Crippen LogP contribution >= 0.6 is 12.2 Å². The number of hydrogen-bond acceptors (Lipinski definition) is 4. The summed E-state index contributed by atoms with van der Waals surface area (Å²) in [4.78, 5) is 10.8. The smallest absolute Gasteiger partial charge is 0.269 e. The Morgan fingerprint density at radius 1 is 1.00 bits per heavy atom. The average Bonchev–Trinajstić information content (AvgIpc) is 2.76. The maximum atomic E-state index is 13.5. The van der Waals surface area contributed by atoms with E-state index in [-0.39, 0.29) is 27.5 Å². The Labute approximate surface area is 199 Å². The second-order valence-corrected chi connectivity index (χ2v) is 9.41. The van der Waals surface area contributed by atoms with Gasteiger partial charge in [0.25, 0.3) is 5.69 Å². The number of pyridine rings is 1. The van der Waals surface area contributed by atoms with Gasteiger partial charge in [-0.2, -0.15) is 4.57 Å². The molecule has 0 fully saturated rings. The Bertz CT molecular complexity index is 1230. The van der Waals surface area contributed by atoms with Crippen molar-refractivity contribution in [3.05, 3.63) is 99.4 Å². The number of nitrogens with zero attached hydrogens (tertiary/aromatic N) is 2. The number of benzene rings is 2. The number of rotatable bonds is 5. The van der Waals surface area contributed by atoms with E-state index in [1.807, 2.05) is 56.6 Å². The average molecular weight is 462 g/mol. The van der Waals surface area contributed by atoms with Gasteiger partial charge in [-0.05, 0) is 65.5 Å². The Morgan fingerprint density at radius 2 is 1.61 bits per heavy atom. The fraction of sp³-hybridized carbons (Fsp3) is 0.231. The van der Waals surface area contributed by atoms with Crippen molar-refractivity contribution in [2.75, 3.05) is 5.32 Å². The first-order valence-electron chi connectivity index (χ1n) is 10.5. The molecule has 0 saturated heterocycles. The van der Waals surface area contributed by atoms with Crippen molar-refractivity contribution < 1.29 is 14.6 Å². The first kappa shape index (κ1) is 24.1. The van der Waals surface area contributed by atoms with Crippen molar-refractivity contribution in [2.45, 2.75) is 40.0 Å². The predicted octanol–water partition coefficient (Wildman–Crippen LogP) is 4.92. The number of nitrogens with one attached hydrogen (secondary N) is 1. The van der Waals surface area contributed by atoms with Crippen LogP contribution in [0.25, 0.3) is 11.5 Å². The second kappa shape index (κ2) is 9.50. The van der Waals surface area contributed by atoms with Gasteiger partial charge >= 0.3 is 0 Å². The van der Waals surface area contributed by atoms with Crippen LogP contribution in [0.3, 0.4) is 0 Å². The van der Waals surface area contributed by atoms with E-state index in [1.54, 1.807) is 4.57 Å². The van der Waals surface area contributed by atoms with E-state index in [4.69, 9.17) is 12.2 Å². The summed E-state index contributed by atoms with van der Waals surface area (Å²) in [5.74, 6) is -0.332. The Hall–Kier alpha value is -3.58. The highest BCUT2D eigenvalue weighted by Crippen LogP contribution is 2.24. The normalized spacial score (nSPS) is 12.2. The lowest BCUT2D eigenvalue weighted by molar-refractivity contribution is -0.577. The standard InChI is InChI=1S/C26H27N3O3S/c1-17-6-7-18(2)22(16-17)27-25(33)23(28-14-12-20(13-15-28)26(3,4)5)24(30)19-8-10-21(11-9-19)29(31)32/h6-16H,1-5H3,(H-,27,30,33). The molecule has 0 radical (unpaired) electrons. The van der Waals surface area contributed by atoms with E-state index in [1.165, 1.54) is 24.3 Å². The van der Waals surface area contributed by atoms with Crippen LogP contribution in [0, 0.1) is 24.0 Å². The zero-order valence-electron chi connectivity index (χ0n) is 19.4. The minimum atomic E-state index is -0.494. The summed E-state index contributed by atoms with van der Waals surface area (Å²) in [5, 5.41) is 27.8. The van der Waals surface area contributed by atoms with Gasteiger partial charge < -0.3 is 10.4 Å². The zero-order valence-corrected chi connectivity index (χ0v) is 20.2. The molecule has 0 amide bonds. The monoisotopic (exact) mass is 461 g/mol. The topological polar surface area (TPSA) is 82.1 Å². The van der Waals surface area contributed by atoms with Gasteiger partial charge in [0.2, 0.25) is 5.70 Å². The molecule has 0 spiro atoms. The summed E-state index contributed by atoms with van der Waals surface area (Å²) in [6.45, 7) is 10.3. The molecule has 0 aliphatic rings. The summed E-state index contributed by atoms with van der Waals surface area (Å²) in [7, 11) is 0. The SMILES string of the molecule is Cc1ccc(C)c(NC(=S)/C(=C(\[O-])c2ccc([N+](=O)[O-])cc2)[n+]2ccc(C(C)(C)C)cc2)c1. The van der Waals surface area contributed by atoms with E-state index in [0.717, 1.165) is 22.4 Å². The van der Waals surface area contributed by atoms with Crippen molar-refractivity contribution in [3.8, 4) is 0 Å². The van der Waals surface area contributed by atoms with Crippen LogP contribution in [0.15, 0.2) is 67.0 Å². The van der Waals surface area contributed by atoms with Crippen molar-refractivity contribution >= 4 is 40.0 Å². The minimum absolute atomic E-state index is 0.0426. The van der Waals surface area contributed by atoms with E-state index in [0.29, 0.717) is 5.56 Å². The van der Waals surface area contributed by atoms with E-state index in [9.17, 15) is 15.2 Å². The summed E-state index contributed by atoms with van der Waals surface area (Å²) in [6.07, 6.45) is 3.63. The van der Waals surface area contributed by atoms with Crippen LogP contribution in [0.5, 0.6) is 0 Å². The number of hydrogen-bond donors (Lipinski definition) is 1. The number of nitro groups is 1. The predicted molar refractivity (Wildman–Crippen MR) is 134 cm³/mol. The second-order valence-electron chi connectivity index (χ2n) is 9.00. The molecule has 0 aliphatic heterocycles. The molecule has 6 nitrogen and oxygen atoms in total. The molecular formula is C26H27N3O3S. The Balaban J connectivity index is 2.10. The third kappa shape index (κ3) is 5.62. The Kier molecular flexibility index (Phi) is 6.93. The van der Waals surface area contributed by atoms with Crippen LogP contribution in [-0.4, -0.2) is 9.91 Å². The molecule has 33 heavy (non-hydrogen) atoms. The number of nitro benzene ring substituents is 1. The number of thiocarbonyl (C=S) groups is 1. The van der Waals surface area contributed by atoms with Crippen molar-refractivity contribution in [3.63, 3.8) is 0 Å². The van der Waals surface area contributed by atoms with Gasteiger partial charge in [0.1, 0.15) is 0 Å². The lowest BCUT2D eigenvalue weighted by Gasteiger charge is -2.20. The van der Waals surface area contributed by atoms with Gasteiger partial charge in [0, 0.05) is 30.0 Å². The van der Waals surface area contributed by atoms with E-state index < -0.39 is 4.92 Å². The number of aryl methyl sites for hydroxylation is 2. The molecule has 2 aromatic carbocycles. The maximum absolute atomic E-state index is 13.5. The molecule has 170 valence electrons. The number of non-ortho nitro benzene ring substituents is 1. The fourth-order valence-corrected chi connectivity index (χ4v) is 3.64. The molecule has 3 aromatic rings. The molecule has 0 atom stereocenters. The lowest BCUT2D eigenvalue weighted by Crippen LogP contribution is -2.40. The third-order valence-electron chi connectivity index (χ3n) is 5.37. The summed E-state index contributed by atoms with van der Waals surface area (Å²) < 4.78 is 1.69. The summed E-state index contributed by atoms with van der Waals surface area (Å²) in [5.41, 5.74) is 4.46. The van der Waals surface area contributed by atoms with Gasteiger partial charge in [-0.15, -0.1) is 0 Å². The summed E-state index contributed by atoms with van der Waals surface area (Å²) >= 11 is 5.69. The quantitative estimate of drug-likeness (QED) is 0.146. The van der Waals surface area contributed by atoms with Crippen molar-refractivity contribution in [2.24, 2.45) is 0 Å². The van der Waals surface area contributed by atoms with Crippen molar-refractivity contribution in [1.29, 1.82) is 0 Å². The van der Waals surface area contributed by atoms with Crippen LogP contribution < -0.4 is 15.0 Å². The molecule has 0 aliphatic carbocycles. The van der Waals surface area contributed by atoms with Crippen LogP contribution in [-0.2, 0) is 5.41 Å². The van der Waals surface area contributed by atoms with Gasteiger partial charge in [-0.25, -0.2) is 0 Å². The molecule has 7 heteroatoms. The third-order valence-corrected chi connectivity index (χ3v) is 5.66. The van der Waals surface area contributed by atoms with Gasteiger partial charge in [-0.1, -0.05) is 45.1 Å². The molecule has 1 aromatic heterocycles. The van der Waals surface area contributed by atoms with Crippen LogP contribution in [0.4, 0.5) is 11.4 Å². The van der Waals surface area contributed by atoms with Crippen molar-refractivity contribution in [1.82, 2.24) is 0 Å². The van der Waals surface area contributed by atoms with Gasteiger partial charge in [0.05, 0.1) is 4.92 Å². The van der Waals surface area contributed by atoms with Gasteiger partial charge in [-0.3, -0.25) is 10.1 Å². The van der Waals surface area contributed by atoms with Crippen LogP contribution in [0.2, 0.25) is 0 Å². The minimum Gasteiger partial charge on any atom is -0.867 e. The fourth-order valence-electron chi connectivity index (χ4n) is 3.34.